The number of aliphatic hydroxyl groups is 1. The quantitative estimate of drug-likeness (QED) is 0.428. The van der Waals surface area contributed by atoms with Crippen LogP contribution in [0.15, 0.2) is 69.8 Å². The van der Waals surface area contributed by atoms with Gasteiger partial charge in [-0.15, -0.1) is 0 Å². The molecule has 1 aromatic carbocycles. The Bertz CT molecular complexity index is 1430. The average Bonchev–Trinajstić information content (AvgIpc) is 3.18. The number of aliphatic hydroxyl groups excluding tert-OH is 1. The molecule has 3 rings (SSSR count). The van der Waals surface area contributed by atoms with Crippen LogP contribution in [0.25, 0.3) is 11.2 Å². The highest BCUT2D eigenvalue weighted by Gasteiger charge is 2.23. The molecule has 0 amide bonds. The molecule has 0 bridgehead atoms. The normalized spacial score (nSPS) is 13.0. The third-order valence-electron chi connectivity index (χ3n) is 5.46. The molecule has 0 saturated carbocycles. The van der Waals surface area contributed by atoms with Crippen molar-refractivity contribution >= 4 is 22.8 Å². The van der Waals surface area contributed by atoms with Gasteiger partial charge in [0.15, 0.2) is 11.2 Å². The molecule has 192 valence electrons. The zero-order valence-electron chi connectivity index (χ0n) is 19.8. The summed E-state index contributed by atoms with van der Waals surface area (Å²) in [5.41, 5.74) is 0.178. The largest absolute Gasteiger partial charge is 0.409 e. The molecule has 11 heteroatoms. The Kier molecular flexibility index (Phi) is 8.75. The van der Waals surface area contributed by atoms with Crippen molar-refractivity contribution in [1.29, 1.82) is 0 Å². The summed E-state index contributed by atoms with van der Waals surface area (Å²) in [6.45, 7) is 1.73. The number of allylic oxidation sites excluding steroid dienone is 6. The number of rotatable bonds is 9. The molecule has 0 atom stereocenters. The lowest BCUT2D eigenvalue weighted by atomic mass is 10.1. The summed E-state index contributed by atoms with van der Waals surface area (Å²) in [6.07, 6.45) is 1.62. The molecule has 0 radical (unpaired) electrons. The van der Waals surface area contributed by atoms with Gasteiger partial charge >= 0.3 is 11.9 Å². The number of alkyl halides is 3. The lowest BCUT2D eigenvalue weighted by Crippen LogP contribution is -2.40. The van der Waals surface area contributed by atoms with Gasteiger partial charge in [0.25, 0.3) is 5.56 Å². The maximum Gasteiger partial charge on any atom is 0.409 e. The van der Waals surface area contributed by atoms with Crippen molar-refractivity contribution in [3.05, 3.63) is 97.5 Å². The Hall–Kier alpha value is -3.37. The number of hydrogen-bond donors (Lipinski definition) is 1. The van der Waals surface area contributed by atoms with E-state index in [2.05, 4.69) is 4.98 Å². The Morgan fingerprint density at radius 1 is 1.17 bits per heavy atom. The van der Waals surface area contributed by atoms with Gasteiger partial charge < -0.3 is 9.67 Å². The number of aromatic nitrogens is 4. The minimum absolute atomic E-state index is 0.0141. The number of fused-ring (bicyclic) bond motifs is 1. The van der Waals surface area contributed by atoms with Crippen molar-refractivity contribution in [2.75, 3.05) is 6.61 Å². The number of halogens is 4. The predicted octanol–water partition coefficient (Wildman–Crippen LogP) is 4.14. The van der Waals surface area contributed by atoms with Gasteiger partial charge in [-0.3, -0.25) is 13.9 Å². The highest BCUT2D eigenvalue weighted by molar-refractivity contribution is 6.30. The smallest absolute Gasteiger partial charge is 0.396 e. The highest BCUT2D eigenvalue weighted by Crippen LogP contribution is 2.21. The number of nitrogens with zero attached hydrogens (tertiary/aromatic N) is 4. The fourth-order valence-corrected chi connectivity index (χ4v) is 3.82. The van der Waals surface area contributed by atoms with Gasteiger partial charge in [0.1, 0.15) is 5.82 Å². The predicted molar refractivity (Wildman–Crippen MR) is 133 cm³/mol. The van der Waals surface area contributed by atoms with Crippen LogP contribution in [0, 0.1) is 0 Å². The van der Waals surface area contributed by atoms with Crippen LogP contribution in [-0.2, 0) is 26.6 Å². The summed E-state index contributed by atoms with van der Waals surface area (Å²) in [7, 11) is 1.48. The summed E-state index contributed by atoms with van der Waals surface area (Å²) in [4.78, 5) is 30.7. The van der Waals surface area contributed by atoms with E-state index in [0.717, 1.165) is 16.2 Å². The second-order valence-electron chi connectivity index (χ2n) is 8.11. The van der Waals surface area contributed by atoms with Crippen LogP contribution in [0.1, 0.15) is 24.7 Å². The third-order valence-corrected chi connectivity index (χ3v) is 5.71. The summed E-state index contributed by atoms with van der Waals surface area (Å²) < 4.78 is 42.5. The maximum absolute atomic E-state index is 13.4. The fourth-order valence-electron chi connectivity index (χ4n) is 3.70. The molecule has 36 heavy (non-hydrogen) atoms. The average molecular weight is 523 g/mol. The Morgan fingerprint density at radius 3 is 2.47 bits per heavy atom. The molecule has 0 unspecified atom stereocenters. The van der Waals surface area contributed by atoms with Crippen molar-refractivity contribution in [3.63, 3.8) is 0 Å². The van der Waals surface area contributed by atoms with E-state index in [0.29, 0.717) is 16.4 Å². The number of imidazole rings is 1. The second kappa shape index (κ2) is 11.6. The van der Waals surface area contributed by atoms with Gasteiger partial charge in [0.05, 0.1) is 0 Å². The number of benzene rings is 1. The topological polar surface area (TPSA) is 82.1 Å². The molecule has 3 aromatic rings. The molecule has 2 heterocycles. The van der Waals surface area contributed by atoms with Gasteiger partial charge in [-0.25, -0.2) is 9.78 Å². The first-order valence-corrected chi connectivity index (χ1v) is 11.6. The van der Waals surface area contributed by atoms with Crippen LogP contribution >= 0.6 is 11.6 Å². The molecule has 7 nitrogen and oxygen atoms in total. The number of aryl methyl sites for hydroxylation is 1. The van der Waals surface area contributed by atoms with E-state index >= 15 is 0 Å². The van der Waals surface area contributed by atoms with Gasteiger partial charge in [-0.2, -0.15) is 13.2 Å². The molecular weight excluding hydrogens is 497 g/mol. The Labute approximate surface area is 210 Å². The van der Waals surface area contributed by atoms with Crippen molar-refractivity contribution in [1.82, 2.24) is 18.7 Å². The summed E-state index contributed by atoms with van der Waals surface area (Å²) in [5.74, 6) is 0.314. The van der Waals surface area contributed by atoms with Crippen molar-refractivity contribution in [2.24, 2.45) is 7.05 Å². The first-order chi connectivity index (χ1) is 17.1. The minimum Gasteiger partial charge on any atom is -0.396 e. The monoisotopic (exact) mass is 522 g/mol. The van der Waals surface area contributed by atoms with E-state index in [1.54, 1.807) is 47.9 Å². The molecule has 0 aliphatic carbocycles. The van der Waals surface area contributed by atoms with E-state index in [4.69, 9.17) is 11.6 Å². The SMILES string of the molecule is C\C=C/C=C(\C=C\C(F)(F)F)Cc1nc2c(c(=O)n(CCCO)c(=O)n2C)n1Cc1ccc(Cl)cc1. The summed E-state index contributed by atoms with van der Waals surface area (Å²) >= 11 is 6.00. The zero-order chi connectivity index (χ0) is 26.5. The Balaban J connectivity index is 2.25. The molecular formula is C25H26ClF3N4O3. The van der Waals surface area contributed by atoms with Gasteiger partial charge in [-0.05, 0) is 36.6 Å². The van der Waals surface area contributed by atoms with Gasteiger partial charge in [-0.1, -0.05) is 48.0 Å². The second-order valence-corrected chi connectivity index (χ2v) is 8.54. The molecule has 2 aromatic heterocycles. The summed E-state index contributed by atoms with van der Waals surface area (Å²) in [6, 6.07) is 6.91. The Morgan fingerprint density at radius 2 is 1.86 bits per heavy atom. The maximum atomic E-state index is 13.4. The molecule has 0 spiro atoms. The highest BCUT2D eigenvalue weighted by atomic mass is 35.5. The van der Waals surface area contributed by atoms with Crippen LogP contribution in [0.5, 0.6) is 0 Å². The number of hydrogen-bond acceptors (Lipinski definition) is 4. The van der Waals surface area contributed by atoms with E-state index in [-0.39, 0.29) is 49.8 Å². The van der Waals surface area contributed by atoms with E-state index < -0.39 is 17.4 Å². The molecule has 1 N–H and O–H groups in total. The van der Waals surface area contributed by atoms with E-state index in [9.17, 15) is 27.9 Å². The van der Waals surface area contributed by atoms with Gasteiger partial charge in [0, 0.05) is 44.3 Å². The van der Waals surface area contributed by atoms with Gasteiger partial charge in [0.2, 0.25) is 0 Å². The molecule has 0 aliphatic rings. The minimum atomic E-state index is -4.50. The standard InChI is InChI=1S/C25H26ClF3N4O3/c1-3-4-6-17(11-12-25(27,28)29)15-20-30-22-21(33(20)16-18-7-9-19(26)10-8-18)23(35)32(13-5-14-34)24(36)31(22)2/h3-4,6-12,34H,5,13-16H2,1-2H3/b4-3-,12-11+,17-6+. The fraction of sp³-hybridized carbons (Fsp3) is 0.320. The van der Waals surface area contributed by atoms with Crippen LogP contribution in [0.4, 0.5) is 13.2 Å². The van der Waals surface area contributed by atoms with Crippen LogP contribution < -0.4 is 11.2 Å². The summed E-state index contributed by atoms with van der Waals surface area (Å²) in [5, 5.41) is 9.72. The van der Waals surface area contributed by atoms with Crippen molar-refractivity contribution in [3.8, 4) is 0 Å². The van der Waals surface area contributed by atoms with Crippen molar-refractivity contribution in [2.45, 2.75) is 39.0 Å². The molecule has 0 aliphatic heterocycles. The third kappa shape index (κ3) is 6.44. The molecule has 0 saturated heterocycles. The zero-order valence-corrected chi connectivity index (χ0v) is 20.6. The lowest BCUT2D eigenvalue weighted by Gasteiger charge is -2.12. The van der Waals surface area contributed by atoms with Crippen LogP contribution in [-0.4, -0.2) is 36.6 Å². The van der Waals surface area contributed by atoms with E-state index in [1.165, 1.54) is 17.7 Å². The van der Waals surface area contributed by atoms with Crippen molar-refractivity contribution < 1.29 is 18.3 Å². The van der Waals surface area contributed by atoms with Crippen LogP contribution in [0.3, 0.4) is 0 Å². The van der Waals surface area contributed by atoms with E-state index in [1.807, 2.05) is 0 Å². The molecule has 0 fully saturated rings. The van der Waals surface area contributed by atoms with Crippen LogP contribution in [0.2, 0.25) is 5.02 Å². The first-order valence-electron chi connectivity index (χ1n) is 11.2. The first kappa shape index (κ1) is 27.2. The lowest BCUT2D eigenvalue weighted by molar-refractivity contribution is -0.0798.